The number of benzene rings is 2. The van der Waals surface area contributed by atoms with Crippen LogP contribution in [-0.2, 0) is 41.1 Å². The molecule has 3 rings (SSSR count). The molecule has 1 N–H and O–H groups in total. The number of alkyl halides is 4. The van der Waals surface area contributed by atoms with E-state index in [1.165, 1.54) is 0 Å². The lowest BCUT2D eigenvalue weighted by Gasteiger charge is -2.31. The van der Waals surface area contributed by atoms with Crippen LogP contribution in [0.5, 0.6) is 0 Å². The Kier molecular flexibility index (Phi) is 13.4. The molecule has 0 aromatic heterocycles. The zero-order valence-corrected chi connectivity index (χ0v) is 29.5. The van der Waals surface area contributed by atoms with Gasteiger partial charge in [-0.3, -0.25) is 19.2 Å². The Bertz CT molecular complexity index is 1540. The third kappa shape index (κ3) is 11.0. The third-order valence-corrected chi connectivity index (χ3v) is 10.5. The van der Waals surface area contributed by atoms with Crippen LogP contribution in [0, 0.1) is 11.3 Å². The summed E-state index contributed by atoms with van der Waals surface area (Å²) in [7, 11) is -3.90. The Morgan fingerprint density at radius 2 is 1.54 bits per heavy atom. The Hall–Kier alpha value is -2.61. The van der Waals surface area contributed by atoms with E-state index in [9.17, 15) is 40.8 Å². The summed E-state index contributed by atoms with van der Waals surface area (Å²) in [4.78, 5) is 48.3. The molecule has 0 bridgehead atoms. The summed E-state index contributed by atoms with van der Waals surface area (Å²) >= 11 is 9.59. The zero-order valence-electron chi connectivity index (χ0n) is 26.4. The lowest BCUT2D eigenvalue weighted by molar-refractivity contribution is -0.176. The van der Waals surface area contributed by atoms with Gasteiger partial charge in [0.05, 0.1) is 26.9 Å². The number of carbonyl (C=O) groups excluding carboxylic acids is 4. The van der Waals surface area contributed by atoms with Gasteiger partial charge in [-0.05, 0) is 43.4 Å². The first-order valence-electron chi connectivity index (χ1n) is 14.2. The molecule has 1 amide bonds. The molecule has 1 atom stereocenters. The molecule has 2 aromatic rings. The van der Waals surface area contributed by atoms with Crippen LogP contribution in [0.1, 0.15) is 75.4 Å². The van der Waals surface area contributed by atoms with Crippen molar-refractivity contribution in [3.8, 4) is 0 Å². The summed E-state index contributed by atoms with van der Waals surface area (Å²) in [5.74, 6) is -3.56. The van der Waals surface area contributed by atoms with Gasteiger partial charge in [0.1, 0.15) is 12.5 Å². The number of ketones is 3. The van der Waals surface area contributed by atoms with E-state index in [1.54, 1.807) is 0 Å². The molecule has 0 radical (unpaired) electrons. The Morgan fingerprint density at radius 3 is 2.02 bits per heavy atom. The molecule has 1 aliphatic carbocycles. The fourth-order valence-corrected chi connectivity index (χ4v) is 6.00. The molecule has 0 aliphatic heterocycles. The number of nitrogens with one attached hydrogen (secondary N) is 1. The summed E-state index contributed by atoms with van der Waals surface area (Å²) < 4.78 is 65.3. The molecule has 254 valence electrons. The molecule has 1 saturated carbocycles. The van der Waals surface area contributed by atoms with Gasteiger partial charge in [0.25, 0.3) is 0 Å². The lowest BCUT2D eigenvalue weighted by Crippen LogP contribution is -2.47. The van der Waals surface area contributed by atoms with Gasteiger partial charge < -0.3 is 10.1 Å². The van der Waals surface area contributed by atoms with Gasteiger partial charge in [0.2, 0.25) is 5.91 Å². The first-order valence-corrected chi connectivity index (χ1v) is 17.4. The summed E-state index contributed by atoms with van der Waals surface area (Å²) in [6, 6.07) is 12.0. The molecule has 0 spiro atoms. The third-order valence-electron chi connectivity index (χ3n) is 7.05. The normalized spacial score (nSPS) is 15.5. The number of hydrogen-bond acceptors (Lipinski definition) is 7. The van der Waals surface area contributed by atoms with Crippen molar-refractivity contribution < 1.29 is 45.5 Å². The molecule has 1 fully saturated rings. The van der Waals surface area contributed by atoms with Gasteiger partial charge in [0, 0.05) is 30.2 Å². The smallest absolute Gasteiger partial charge is 0.367 e. The second-order valence-corrected chi connectivity index (χ2v) is 15.9. The number of ether oxygens (including phenoxy) is 1. The summed E-state index contributed by atoms with van der Waals surface area (Å²) in [5.41, 5.74) is -0.0119. The van der Waals surface area contributed by atoms with E-state index < -0.39 is 62.4 Å². The second-order valence-electron chi connectivity index (χ2n) is 12.6. The molecule has 0 saturated heterocycles. The van der Waals surface area contributed by atoms with Crippen molar-refractivity contribution in [1.82, 2.24) is 5.32 Å². The maximum atomic E-state index is 12.7. The number of amides is 1. The van der Waals surface area contributed by atoms with Gasteiger partial charge in [-0.15, -0.1) is 0 Å². The highest BCUT2D eigenvalue weighted by atomic mass is 79.9. The van der Waals surface area contributed by atoms with Crippen LogP contribution in [0.25, 0.3) is 0 Å². The highest BCUT2D eigenvalue weighted by Crippen LogP contribution is 2.33. The van der Waals surface area contributed by atoms with E-state index in [0.717, 1.165) is 24.0 Å². The largest absolute Gasteiger partial charge is 0.411 e. The first-order chi connectivity index (χ1) is 21.0. The van der Waals surface area contributed by atoms with E-state index in [0.29, 0.717) is 6.42 Å². The van der Waals surface area contributed by atoms with E-state index in [4.69, 9.17) is 11.6 Å². The quantitative estimate of drug-likeness (QED) is 0.170. The van der Waals surface area contributed by atoms with Crippen LogP contribution >= 0.6 is 27.5 Å². The van der Waals surface area contributed by atoms with Crippen LogP contribution in [0.15, 0.2) is 47.4 Å². The maximum Gasteiger partial charge on any atom is 0.411 e. The summed E-state index contributed by atoms with van der Waals surface area (Å²) in [6.07, 6.45) is -3.40. The van der Waals surface area contributed by atoms with Crippen molar-refractivity contribution in [2.75, 3.05) is 12.9 Å². The van der Waals surface area contributed by atoms with Crippen molar-refractivity contribution >= 4 is 60.6 Å². The fraction of sp³-hybridized carbons (Fsp3) is 0.500. The van der Waals surface area contributed by atoms with Gasteiger partial charge in [-0.2, -0.15) is 13.2 Å². The highest BCUT2D eigenvalue weighted by Gasteiger charge is 2.38. The van der Waals surface area contributed by atoms with Crippen molar-refractivity contribution in [3.05, 3.63) is 64.2 Å². The minimum Gasteiger partial charge on any atom is -0.367 e. The Balaban J connectivity index is 0.000000353. The molecule has 14 heteroatoms. The van der Waals surface area contributed by atoms with Crippen LogP contribution in [0.3, 0.4) is 0 Å². The predicted octanol–water partition coefficient (Wildman–Crippen LogP) is 6.79. The summed E-state index contributed by atoms with van der Waals surface area (Å²) in [6.45, 7) is 7.69. The Morgan fingerprint density at radius 1 is 1.00 bits per heavy atom. The van der Waals surface area contributed by atoms with E-state index in [-0.39, 0.29) is 45.7 Å². The molecule has 1 unspecified atom stereocenters. The number of sulfone groups is 1. The average Bonchev–Trinajstić information content (AvgIpc) is 2.92. The highest BCUT2D eigenvalue weighted by molar-refractivity contribution is 9.10. The molecule has 8 nitrogen and oxygen atoms in total. The lowest BCUT2D eigenvalue weighted by atomic mass is 9.81. The number of carbonyl (C=O) groups is 4. The van der Waals surface area contributed by atoms with E-state index in [2.05, 4.69) is 26.0 Å². The molecular weight excluding hydrogens is 715 g/mol. The van der Waals surface area contributed by atoms with Crippen LogP contribution in [0.4, 0.5) is 13.2 Å². The van der Waals surface area contributed by atoms with E-state index >= 15 is 0 Å². The number of rotatable bonds is 9. The van der Waals surface area contributed by atoms with Crippen molar-refractivity contribution in [3.63, 3.8) is 0 Å². The number of Topliss-reactive ketones (excluding diaryl/α,β-unsaturated/α-hetero) is 3. The Labute approximate surface area is 280 Å². The minimum absolute atomic E-state index is 0.0244. The molecular formula is C32H38BrClF3NO7S. The first kappa shape index (κ1) is 39.6. The molecule has 2 aromatic carbocycles. The number of halogens is 5. The molecule has 0 heterocycles. The van der Waals surface area contributed by atoms with Crippen molar-refractivity contribution in [1.29, 1.82) is 0 Å². The number of hydrogen-bond donors (Lipinski definition) is 1. The predicted molar refractivity (Wildman–Crippen MR) is 172 cm³/mol. The fourth-order valence-electron chi connectivity index (χ4n) is 4.59. The van der Waals surface area contributed by atoms with Crippen molar-refractivity contribution in [2.24, 2.45) is 11.3 Å². The maximum absolute atomic E-state index is 12.7. The molecule has 46 heavy (non-hydrogen) atoms. The minimum atomic E-state index is -4.65. The van der Waals surface area contributed by atoms with Gasteiger partial charge >= 0.3 is 6.18 Å². The average molecular weight is 753 g/mol. The van der Waals surface area contributed by atoms with Crippen molar-refractivity contribution in [2.45, 2.75) is 81.9 Å². The topological polar surface area (TPSA) is 124 Å². The molecule has 1 aliphatic rings. The SMILES string of the molecule is CC(C)(NC(=O)C(Br)C(C)(C)C)c1ccccc1.CS(=O)(=O)c1ccc(C(=O)C2C(=O)CCCC2=O)c(Cl)c1COCC(F)(F)F. The van der Waals surface area contributed by atoms with Gasteiger partial charge in [-0.25, -0.2) is 8.42 Å². The van der Waals surface area contributed by atoms with E-state index in [1.807, 2.05) is 65.0 Å². The van der Waals surface area contributed by atoms with Crippen LogP contribution in [-0.4, -0.2) is 55.5 Å². The standard InChI is InChI=1S/C17H16ClF3O6S.C15H22BrNO/c1-28(25,26)13-6-5-9(15(18)10(13)7-27-8-17(19,20)21)16(24)14-11(22)3-2-4-12(14)23;1-14(2,3)12(16)13(18)17-15(4,5)11-9-7-6-8-10-11/h5-6,14H,2-4,7-8H2,1H3;6-10,12H,1-5H3,(H,17,18). The summed E-state index contributed by atoms with van der Waals surface area (Å²) in [5, 5.41) is 2.64. The van der Waals surface area contributed by atoms with Crippen LogP contribution < -0.4 is 5.32 Å². The van der Waals surface area contributed by atoms with Gasteiger partial charge in [-0.1, -0.05) is 78.6 Å². The second kappa shape index (κ2) is 15.5. The van der Waals surface area contributed by atoms with Crippen LogP contribution in [0.2, 0.25) is 5.02 Å². The van der Waals surface area contributed by atoms with Gasteiger partial charge in [0.15, 0.2) is 27.2 Å². The monoisotopic (exact) mass is 751 g/mol. The zero-order chi connectivity index (χ0) is 35.3.